The monoisotopic (exact) mass is 540 g/mol. The van der Waals surface area contributed by atoms with Crippen LogP contribution >= 0.6 is 34.9 Å². The highest BCUT2D eigenvalue weighted by Crippen LogP contribution is 2.32. The lowest BCUT2D eigenvalue weighted by Gasteiger charge is -2.27. The first kappa shape index (κ1) is 24.2. The van der Waals surface area contributed by atoms with Gasteiger partial charge in [0.25, 0.3) is 0 Å². The minimum absolute atomic E-state index is 0.349. The van der Waals surface area contributed by atoms with E-state index in [1.54, 1.807) is 35.0 Å². The van der Waals surface area contributed by atoms with Crippen molar-refractivity contribution in [2.24, 2.45) is 9.98 Å². The maximum Gasteiger partial charge on any atom is 0.343 e. The molecule has 2 amide bonds. The molecule has 3 N–H and O–H groups in total. The van der Waals surface area contributed by atoms with Crippen molar-refractivity contribution in [2.45, 2.75) is 32.6 Å². The minimum Gasteiger partial charge on any atom is -0.347 e. The highest BCUT2D eigenvalue weighted by Gasteiger charge is 2.22. The van der Waals surface area contributed by atoms with Gasteiger partial charge in [0.05, 0.1) is 27.5 Å². The van der Waals surface area contributed by atoms with Crippen LogP contribution in [0.1, 0.15) is 26.3 Å². The average molecular weight is 541 g/mol. The normalized spacial score (nSPS) is 15.5. The number of aromatic nitrogens is 3. The van der Waals surface area contributed by atoms with E-state index in [-0.39, 0.29) is 0 Å². The SMILES string of the molecule is CC(C)(C)NC(=O)N=c1ccc2c(n1-c1c(Cl)cccc1Cl)NC(Nc1ccc3nsnc3c1)N=C2. The predicted octanol–water partition coefficient (Wildman–Crippen LogP) is 5.44. The molecule has 0 saturated heterocycles. The van der Waals surface area contributed by atoms with Crippen LogP contribution in [0.4, 0.5) is 16.3 Å². The first-order chi connectivity index (χ1) is 17.2. The summed E-state index contributed by atoms with van der Waals surface area (Å²) in [6.45, 7) is 5.67. The highest BCUT2D eigenvalue weighted by molar-refractivity contribution is 7.00. The van der Waals surface area contributed by atoms with Gasteiger partial charge < -0.3 is 16.0 Å². The number of aliphatic imine (C=N–C) groups is 1. The summed E-state index contributed by atoms with van der Waals surface area (Å²) in [5.41, 5.74) is 3.63. The molecule has 36 heavy (non-hydrogen) atoms. The standard InChI is InChI=1S/C24H22Cl2N8OS/c1-24(2,3)31-23(35)29-19-10-7-13-12-27-22(28-14-8-9-17-18(11-14)33-36-32-17)30-21(13)34(19)20-15(25)5-4-6-16(20)26/h4-12,22,28,30H,1-3H3,(H,31,35). The number of nitrogens with zero attached hydrogens (tertiary/aromatic N) is 5. The van der Waals surface area contributed by atoms with Gasteiger partial charge in [-0.3, -0.25) is 4.57 Å². The van der Waals surface area contributed by atoms with Crippen LogP contribution in [-0.4, -0.2) is 37.4 Å². The Bertz CT molecular complexity index is 1550. The van der Waals surface area contributed by atoms with Gasteiger partial charge in [-0.1, -0.05) is 29.3 Å². The summed E-state index contributed by atoms with van der Waals surface area (Å²) in [6, 6.07) is 14.0. The van der Waals surface area contributed by atoms with Crippen LogP contribution in [0.25, 0.3) is 16.7 Å². The number of para-hydroxylation sites is 1. The molecule has 0 saturated carbocycles. The van der Waals surface area contributed by atoms with Crippen molar-refractivity contribution in [3.8, 4) is 5.69 Å². The lowest BCUT2D eigenvalue weighted by Crippen LogP contribution is -2.40. The maximum atomic E-state index is 12.7. The Morgan fingerprint density at radius 1 is 1.08 bits per heavy atom. The maximum absolute atomic E-state index is 12.7. The predicted molar refractivity (Wildman–Crippen MR) is 146 cm³/mol. The zero-order valence-electron chi connectivity index (χ0n) is 19.6. The smallest absolute Gasteiger partial charge is 0.343 e. The van der Waals surface area contributed by atoms with Gasteiger partial charge in [-0.25, -0.2) is 9.79 Å². The third-order valence-electron chi connectivity index (χ3n) is 5.19. The molecule has 3 heterocycles. The van der Waals surface area contributed by atoms with Crippen molar-refractivity contribution >= 4 is 69.7 Å². The van der Waals surface area contributed by atoms with E-state index < -0.39 is 17.9 Å². The van der Waals surface area contributed by atoms with Crippen molar-refractivity contribution < 1.29 is 4.79 Å². The molecule has 1 atom stereocenters. The summed E-state index contributed by atoms with van der Waals surface area (Å²) in [4.78, 5) is 21.6. The molecule has 2 aromatic carbocycles. The van der Waals surface area contributed by atoms with Gasteiger partial charge in [-0.15, -0.1) is 0 Å². The van der Waals surface area contributed by atoms with Crippen LogP contribution in [0.15, 0.2) is 58.5 Å². The lowest BCUT2D eigenvalue weighted by molar-refractivity contribution is 0.240. The second-order valence-corrected chi connectivity index (χ2v) is 10.5. The lowest BCUT2D eigenvalue weighted by atomic mass is 10.1. The number of benzene rings is 2. The Balaban J connectivity index is 1.59. The van der Waals surface area contributed by atoms with Crippen LogP contribution in [0.3, 0.4) is 0 Å². The third-order valence-corrected chi connectivity index (χ3v) is 6.36. The number of rotatable bonds is 3. The van der Waals surface area contributed by atoms with E-state index in [1.807, 2.05) is 45.0 Å². The van der Waals surface area contributed by atoms with Crippen LogP contribution in [0.2, 0.25) is 10.0 Å². The third kappa shape index (κ3) is 5.06. The van der Waals surface area contributed by atoms with Gasteiger partial charge in [0, 0.05) is 23.0 Å². The number of urea groups is 1. The van der Waals surface area contributed by atoms with Crippen LogP contribution in [0.5, 0.6) is 0 Å². The van der Waals surface area contributed by atoms with Gasteiger partial charge in [-0.2, -0.15) is 13.7 Å². The van der Waals surface area contributed by atoms with Gasteiger partial charge in [0.15, 0.2) is 6.29 Å². The largest absolute Gasteiger partial charge is 0.347 e. The van der Waals surface area contributed by atoms with Crippen molar-refractivity contribution in [1.82, 2.24) is 18.6 Å². The molecule has 4 aromatic rings. The average Bonchev–Trinajstić information content (AvgIpc) is 3.27. The number of amides is 2. The topological polar surface area (TPSA) is 109 Å². The van der Waals surface area contributed by atoms with Gasteiger partial charge in [-0.05, 0) is 63.2 Å². The molecule has 1 unspecified atom stereocenters. The van der Waals surface area contributed by atoms with Crippen LogP contribution in [0, 0.1) is 0 Å². The quantitative estimate of drug-likeness (QED) is 0.320. The number of hydrogen-bond donors (Lipinski definition) is 3. The second-order valence-electron chi connectivity index (χ2n) is 9.13. The summed E-state index contributed by atoms with van der Waals surface area (Å²) < 4.78 is 10.3. The van der Waals surface area contributed by atoms with E-state index in [4.69, 9.17) is 23.2 Å². The number of anilines is 2. The molecule has 184 valence electrons. The first-order valence-corrected chi connectivity index (χ1v) is 12.5. The van der Waals surface area contributed by atoms with E-state index in [0.29, 0.717) is 27.0 Å². The number of nitrogens with one attached hydrogen (secondary N) is 3. The van der Waals surface area contributed by atoms with Gasteiger partial charge in [0.1, 0.15) is 22.3 Å². The van der Waals surface area contributed by atoms with Crippen molar-refractivity contribution in [2.75, 3.05) is 10.6 Å². The van der Waals surface area contributed by atoms with Gasteiger partial charge >= 0.3 is 6.03 Å². The van der Waals surface area contributed by atoms with Crippen molar-refractivity contribution in [3.05, 3.63) is 69.6 Å². The van der Waals surface area contributed by atoms with Crippen LogP contribution < -0.4 is 21.4 Å². The molecular weight excluding hydrogens is 519 g/mol. The molecule has 1 aliphatic rings. The summed E-state index contributed by atoms with van der Waals surface area (Å²) in [6.07, 6.45) is 1.22. The zero-order chi connectivity index (χ0) is 25.4. The molecule has 12 heteroatoms. The Labute approximate surface area is 221 Å². The summed E-state index contributed by atoms with van der Waals surface area (Å²) in [5.74, 6) is 0.624. The number of carbonyl (C=O) groups excluding carboxylic acids is 1. The van der Waals surface area contributed by atoms with E-state index in [1.165, 1.54) is 11.7 Å². The molecule has 1 aliphatic heterocycles. The number of carbonyl (C=O) groups is 1. The first-order valence-electron chi connectivity index (χ1n) is 11.0. The second kappa shape index (κ2) is 9.53. The highest BCUT2D eigenvalue weighted by atomic mass is 35.5. The molecule has 5 rings (SSSR count). The molecule has 2 aromatic heterocycles. The number of pyridine rings is 1. The summed E-state index contributed by atoms with van der Waals surface area (Å²) >= 11 is 14.4. The number of fused-ring (bicyclic) bond motifs is 2. The van der Waals surface area contributed by atoms with Crippen molar-refractivity contribution in [1.29, 1.82) is 0 Å². The molecule has 0 aliphatic carbocycles. The Morgan fingerprint density at radius 2 is 1.83 bits per heavy atom. The Morgan fingerprint density at radius 3 is 2.58 bits per heavy atom. The summed E-state index contributed by atoms with van der Waals surface area (Å²) in [7, 11) is 0. The van der Waals surface area contributed by atoms with Gasteiger partial charge in [0.2, 0.25) is 0 Å². The molecule has 0 fully saturated rings. The Hall–Kier alpha value is -3.47. The molecule has 0 spiro atoms. The fourth-order valence-electron chi connectivity index (χ4n) is 3.71. The summed E-state index contributed by atoms with van der Waals surface area (Å²) in [5, 5.41) is 10.4. The molecule has 9 nitrogen and oxygen atoms in total. The van der Waals surface area contributed by atoms with E-state index in [9.17, 15) is 4.79 Å². The Kier molecular flexibility index (Phi) is 6.42. The van der Waals surface area contributed by atoms with E-state index in [0.717, 1.165) is 22.3 Å². The minimum atomic E-state index is -0.521. The zero-order valence-corrected chi connectivity index (χ0v) is 21.9. The van der Waals surface area contributed by atoms with E-state index >= 15 is 0 Å². The van der Waals surface area contributed by atoms with Crippen LogP contribution in [-0.2, 0) is 0 Å². The molecular formula is C24H22Cl2N8OS. The molecule has 0 bridgehead atoms. The fraction of sp³-hybridized carbons (Fsp3) is 0.208. The number of halogens is 2. The van der Waals surface area contributed by atoms with E-state index in [2.05, 4.69) is 34.7 Å². The molecule has 0 radical (unpaired) electrons. The number of hydrogen-bond acceptors (Lipinski definition) is 7. The van der Waals surface area contributed by atoms with Crippen molar-refractivity contribution in [3.63, 3.8) is 0 Å². The fourth-order valence-corrected chi connectivity index (χ4v) is 4.79.